The second kappa shape index (κ2) is 13.1. The first kappa shape index (κ1) is 31.2. The third-order valence-electron chi connectivity index (χ3n) is 8.33. The Hall–Kier alpha value is -2.72. The molecule has 0 spiro atoms. The van der Waals surface area contributed by atoms with Gasteiger partial charge in [0.25, 0.3) is 0 Å². The van der Waals surface area contributed by atoms with Crippen LogP contribution in [0.3, 0.4) is 0 Å². The molecule has 0 aromatic heterocycles. The van der Waals surface area contributed by atoms with E-state index in [2.05, 4.69) is 42.7 Å². The lowest BCUT2D eigenvalue weighted by molar-refractivity contribution is -0.141. The predicted molar refractivity (Wildman–Crippen MR) is 156 cm³/mol. The van der Waals surface area contributed by atoms with E-state index in [1.54, 1.807) is 17.0 Å². The van der Waals surface area contributed by atoms with Gasteiger partial charge in [0.05, 0.1) is 0 Å². The minimum atomic E-state index is -4.31. The molecule has 2 aromatic rings. The summed E-state index contributed by atoms with van der Waals surface area (Å²) in [6, 6.07) is 16.5. The van der Waals surface area contributed by atoms with Gasteiger partial charge in [0.1, 0.15) is 0 Å². The smallest absolute Gasteiger partial charge is 0.351 e. The normalized spacial score (nSPS) is 20.2. The zero-order valence-corrected chi connectivity index (χ0v) is 24.9. The van der Waals surface area contributed by atoms with Gasteiger partial charge in [-0.2, -0.15) is 13.2 Å². The van der Waals surface area contributed by atoms with E-state index in [4.69, 9.17) is 5.73 Å². The number of nitrogens with two attached hydrogens (primary N) is 1. The molecule has 2 saturated heterocycles. The molecule has 6 nitrogen and oxygen atoms in total. The van der Waals surface area contributed by atoms with Gasteiger partial charge >= 0.3 is 11.5 Å². The molecule has 41 heavy (non-hydrogen) atoms. The maximum absolute atomic E-state index is 13.6. The Labute approximate surface area is 245 Å². The Balaban J connectivity index is 1.48. The van der Waals surface area contributed by atoms with E-state index in [9.17, 15) is 22.8 Å². The highest BCUT2D eigenvalue weighted by Gasteiger charge is 2.40. The first-order chi connectivity index (χ1) is 19.3. The predicted octanol–water partition coefficient (Wildman–Crippen LogP) is 6.32. The summed E-state index contributed by atoms with van der Waals surface area (Å²) >= 11 is -0.0985. The van der Waals surface area contributed by atoms with Crippen molar-refractivity contribution in [1.82, 2.24) is 14.7 Å². The van der Waals surface area contributed by atoms with Gasteiger partial charge in [0.2, 0.25) is 5.91 Å². The molecule has 3 amide bonds. The molecular formula is C31H41F3N4O2S. The molecule has 0 saturated carbocycles. The highest BCUT2D eigenvalue weighted by Crippen LogP contribution is 2.38. The summed E-state index contributed by atoms with van der Waals surface area (Å²) in [6.45, 7) is 9.73. The summed E-state index contributed by atoms with van der Waals surface area (Å²) in [5.41, 5.74) is 3.07. The minimum Gasteiger partial charge on any atom is -0.351 e. The maximum atomic E-state index is 13.6. The summed E-state index contributed by atoms with van der Waals surface area (Å²) in [4.78, 5) is 31.4. The molecule has 2 heterocycles. The van der Waals surface area contributed by atoms with Gasteiger partial charge in [-0.05, 0) is 65.6 Å². The molecule has 2 aliphatic heterocycles. The molecule has 2 atom stereocenters. The zero-order valence-electron chi connectivity index (χ0n) is 24.1. The largest absolute Gasteiger partial charge is 0.446 e. The number of halogens is 3. The number of piperazine rings is 1. The Morgan fingerprint density at radius 1 is 0.951 bits per heavy atom. The van der Waals surface area contributed by atoms with Crippen LogP contribution in [0.5, 0.6) is 0 Å². The topological polar surface area (TPSA) is 69.9 Å². The number of hydrogen-bond donors (Lipinski definition) is 1. The van der Waals surface area contributed by atoms with Gasteiger partial charge in [-0.1, -0.05) is 63.2 Å². The number of nitrogens with zero attached hydrogens (tertiary/aromatic N) is 3. The fourth-order valence-electron chi connectivity index (χ4n) is 6.03. The number of primary amides is 1. The number of alkyl halides is 3. The van der Waals surface area contributed by atoms with Crippen molar-refractivity contribution < 1.29 is 22.8 Å². The van der Waals surface area contributed by atoms with Gasteiger partial charge in [0.15, 0.2) is 0 Å². The lowest BCUT2D eigenvalue weighted by Gasteiger charge is -2.50. The van der Waals surface area contributed by atoms with Crippen molar-refractivity contribution in [2.24, 2.45) is 17.1 Å². The van der Waals surface area contributed by atoms with Crippen molar-refractivity contribution in [1.29, 1.82) is 0 Å². The molecule has 0 bridgehead atoms. The molecule has 1 unspecified atom stereocenters. The van der Waals surface area contributed by atoms with Gasteiger partial charge in [-0.15, -0.1) is 0 Å². The van der Waals surface area contributed by atoms with Crippen molar-refractivity contribution in [2.75, 3.05) is 32.7 Å². The third kappa shape index (κ3) is 8.64. The third-order valence-corrected chi connectivity index (χ3v) is 9.07. The Kier molecular flexibility index (Phi) is 9.95. The van der Waals surface area contributed by atoms with Crippen LogP contribution in [0.4, 0.5) is 18.0 Å². The van der Waals surface area contributed by atoms with Crippen molar-refractivity contribution >= 4 is 23.7 Å². The Bertz CT molecular complexity index is 1160. The van der Waals surface area contributed by atoms with Crippen LogP contribution < -0.4 is 5.73 Å². The first-order valence-electron chi connectivity index (χ1n) is 14.3. The number of carbonyl (C=O) groups excluding carboxylic acids is 2. The molecule has 2 aromatic carbocycles. The average Bonchev–Trinajstić information content (AvgIpc) is 2.92. The quantitative estimate of drug-likeness (QED) is 0.383. The number of hydrogen-bond acceptors (Lipinski definition) is 4. The van der Waals surface area contributed by atoms with Crippen LogP contribution in [0.1, 0.15) is 57.2 Å². The number of thioether (sulfide) groups is 1. The van der Waals surface area contributed by atoms with E-state index in [0.717, 1.165) is 24.0 Å². The van der Waals surface area contributed by atoms with Crippen LogP contribution in [-0.4, -0.2) is 70.9 Å². The molecular weight excluding hydrogens is 549 g/mol. The van der Waals surface area contributed by atoms with Crippen molar-refractivity contribution in [2.45, 2.75) is 68.9 Å². The van der Waals surface area contributed by atoms with Crippen LogP contribution in [0.15, 0.2) is 59.5 Å². The lowest BCUT2D eigenvalue weighted by Crippen LogP contribution is -2.60. The average molecular weight is 591 g/mol. The fraction of sp³-hybridized carbons (Fsp3) is 0.548. The second-order valence-electron chi connectivity index (χ2n) is 12.3. The second-order valence-corrected chi connectivity index (χ2v) is 13.4. The van der Waals surface area contributed by atoms with E-state index < -0.39 is 11.5 Å². The van der Waals surface area contributed by atoms with Gasteiger partial charge < -0.3 is 15.5 Å². The van der Waals surface area contributed by atoms with Crippen LogP contribution >= 0.6 is 11.8 Å². The first-order valence-corrected chi connectivity index (χ1v) is 15.1. The molecule has 2 N–H and O–H groups in total. The monoisotopic (exact) mass is 590 g/mol. The highest BCUT2D eigenvalue weighted by atomic mass is 32.2. The van der Waals surface area contributed by atoms with E-state index in [1.807, 2.05) is 18.2 Å². The number of amides is 3. The van der Waals surface area contributed by atoms with E-state index in [-0.39, 0.29) is 46.0 Å². The molecule has 4 rings (SSSR count). The minimum absolute atomic E-state index is 0.00577. The van der Waals surface area contributed by atoms with Crippen LogP contribution in [0, 0.1) is 11.3 Å². The summed E-state index contributed by atoms with van der Waals surface area (Å²) in [5, 5.41) is 0. The summed E-state index contributed by atoms with van der Waals surface area (Å²) < 4.78 is 38.5. The van der Waals surface area contributed by atoms with Crippen molar-refractivity contribution in [3.63, 3.8) is 0 Å². The lowest BCUT2D eigenvalue weighted by atomic mass is 9.82. The molecule has 224 valence electrons. The number of benzene rings is 2. The number of piperidine rings is 1. The van der Waals surface area contributed by atoms with Crippen LogP contribution in [0.2, 0.25) is 0 Å². The number of carbonyl (C=O) groups is 2. The summed E-state index contributed by atoms with van der Waals surface area (Å²) in [6.07, 6.45) is 2.70. The van der Waals surface area contributed by atoms with Gasteiger partial charge in [0, 0.05) is 56.1 Å². The SMILES string of the molecule is CC(C)(C)[C@H]1CN(C(Cc2ccc(SC(F)(F)F)cc2)c2ccccc2)CCN1C(=O)CC1CCN(C(N)=O)CC1. The highest BCUT2D eigenvalue weighted by molar-refractivity contribution is 8.00. The van der Waals surface area contributed by atoms with E-state index in [0.29, 0.717) is 45.6 Å². The Morgan fingerprint density at radius 2 is 1.59 bits per heavy atom. The van der Waals surface area contributed by atoms with Crippen molar-refractivity contribution in [3.05, 3.63) is 65.7 Å². The van der Waals surface area contributed by atoms with Gasteiger partial charge in [-0.3, -0.25) is 9.69 Å². The molecule has 2 fully saturated rings. The number of likely N-dealkylation sites (tertiary alicyclic amines) is 1. The molecule has 0 aliphatic carbocycles. The van der Waals surface area contributed by atoms with Crippen LogP contribution in [-0.2, 0) is 11.2 Å². The zero-order chi connectivity index (χ0) is 29.8. The van der Waals surface area contributed by atoms with E-state index >= 15 is 0 Å². The fourth-order valence-corrected chi connectivity index (χ4v) is 6.57. The van der Waals surface area contributed by atoms with Gasteiger partial charge in [-0.25, -0.2) is 4.79 Å². The Morgan fingerprint density at radius 3 is 2.15 bits per heavy atom. The molecule has 2 aliphatic rings. The standard InChI is InChI=1S/C31H41F3N4O2S/c1-30(2,3)27-21-37(17-18-38(27)28(39)20-23-13-15-36(16-14-23)29(35)40)26(24-7-5-4-6-8-24)19-22-9-11-25(12-10-22)41-31(32,33)34/h4-12,23,26-27H,13-21H2,1-3H3,(H2,35,40)/t26?,27-/m1/s1. The maximum Gasteiger partial charge on any atom is 0.446 e. The molecule has 10 heteroatoms. The van der Waals surface area contributed by atoms with Crippen molar-refractivity contribution in [3.8, 4) is 0 Å². The number of urea groups is 1. The van der Waals surface area contributed by atoms with E-state index in [1.165, 1.54) is 12.1 Å². The van der Waals surface area contributed by atoms with Crippen LogP contribution in [0.25, 0.3) is 0 Å². The summed E-state index contributed by atoms with van der Waals surface area (Å²) in [5.74, 6) is 0.406. The number of rotatable bonds is 7. The molecule has 0 radical (unpaired) electrons. The summed E-state index contributed by atoms with van der Waals surface area (Å²) in [7, 11) is 0.